The Labute approximate surface area is 103 Å². The molecule has 0 aliphatic rings. The fraction of sp³-hybridized carbons (Fsp3) is 0.538. The molecule has 0 heterocycles. The molecule has 0 saturated carbocycles. The molecule has 0 bridgehead atoms. The van der Waals surface area contributed by atoms with Gasteiger partial charge in [-0.2, -0.15) is 0 Å². The normalized spacial score (nSPS) is 12.6. The van der Waals surface area contributed by atoms with Gasteiger partial charge in [-0.15, -0.1) is 0 Å². The van der Waals surface area contributed by atoms with E-state index >= 15 is 0 Å². The van der Waals surface area contributed by atoms with Crippen LogP contribution in [0.2, 0.25) is 5.02 Å². The molecule has 0 fully saturated rings. The molecule has 0 saturated heterocycles. The number of halogens is 1. The van der Waals surface area contributed by atoms with Crippen LogP contribution in [0.5, 0.6) is 5.75 Å². The molecule has 16 heavy (non-hydrogen) atoms. The zero-order valence-electron chi connectivity index (χ0n) is 10.4. The minimum atomic E-state index is 0.450. The lowest BCUT2D eigenvalue weighted by molar-refractivity contribution is 0.415. The molecule has 1 atom stereocenters. The minimum Gasteiger partial charge on any atom is -0.495 e. The van der Waals surface area contributed by atoms with Crippen molar-refractivity contribution in [3.63, 3.8) is 0 Å². The van der Waals surface area contributed by atoms with E-state index in [0.717, 1.165) is 12.1 Å². The van der Waals surface area contributed by atoms with Crippen LogP contribution in [0.3, 0.4) is 0 Å². The van der Waals surface area contributed by atoms with E-state index in [1.165, 1.54) is 0 Å². The summed E-state index contributed by atoms with van der Waals surface area (Å²) in [5.74, 6) is 1.40. The van der Waals surface area contributed by atoms with Crippen LogP contribution in [0, 0.1) is 5.92 Å². The Morgan fingerprint density at radius 2 is 2.00 bits per heavy atom. The van der Waals surface area contributed by atoms with Gasteiger partial charge in [-0.25, -0.2) is 0 Å². The summed E-state index contributed by atoms with van der Waals surface area (Å²) in [7, 11) is 1.63. The van der Waals surface area contributed by atoms with Crippen LogP contribution in [0.15, 0.2) is 18.2 Å². The molecule has 0 aliphatic heterocycles. The van der Waals surface area contributed by atoms with Gasteiger partial charge in [-0.1, -0.05) is 25.4 Å². The van der Waals surface area contributed by atoms with Gasteiger partial charge >= 0.3 is 0 Å². The van der Waals surface area contributed by atoms with Gasteiger partial charge in [0.15, 0.2) is 0 Å². The predicted octanol–water partition coefficient (Wildman–Crippen LogP) is 4.20. The van der Waals surface area contributed by atoms with Crippen LogP contribution < -0.4 is 10.1 Å². The fourth-order valence-corrected chi connectivity index (χ4v) is 1.99. The minimum absolute atomic E-state index is 0.450. The summed E-state index contributed by atoms with van der Waals surface area (Å²) in [6.07, 6.45) is 1.14. The largest absolute Gasteiger partial charge is 0.495 e. The number of hydrogen-bond donors (Lipinski definition) is 1. The molecular weight excluding hydrogens is 222 g/mol. The van der Waals surface area contributed by atoms with E-state index in [-0.39, 0.29) is 0 Å². The molecular formula is C13H20ClNO. The van der Waals surface area contributed by atoms with E-state index in [2.05, 4.69) is 26.1 Å². The summed E-state index contributed by atoms with van der Waals surface area (Å²) in [6.45, 7) is 6.63. The first-order valence-electron chi connectivity index (χ1n) is 5.63. The molecule has 1 N–H and O–H groups in total. The van der Waals surface area contributed by atoms with Crippen LogP contribution in [0.1, 0.15) is 27.2 Å². The monoisotopic (exact) mass is 241 g/mol. The highest BCUT2D eigenvalue weighted by Gasteiger charge is 2.06. The summed E-state index contributed by atoms with van der Waals surface area (Å²) >= 11 is 5.96. The summed E-state index contributed by atoms with van der Waals surface area (Å²) < 4.78 is 5.18. The van der Waals surface area contributed by atoms with Crippen molar-refractivity contribution in [1.82, 2.24) is 0 Å². The Morgan fingerprint density at radius 3 is 2.56 bits per heavy atom. The molecule has 2 nitrogen and oxygen atoms in total. The average molecular weight is 242 g/mol. The lowest BCUT2D eigenvalue weighted by Gasteiger charge is -2.17. The van der Waals surface area contributed by atoms with Crippen molar-refractivity contribution in [2.75, 3.05) is 12.4 Å². The second-order valence-corrected chi connectivity index (χ2v) is 4.93. The van der Waals surface area contributed by atoms with Gasteiger partial charge in [0.1, 0.15) is 5.75 Å². The Hall–Kier alpha value is -0.890. The highest BCUT2D eigenvalue weighted by molar-refractivity contribution is 6.32. The van der Waals surface area contributed by atoms with Gasteiger partial charge in [0.25, 0.3) is 0 Å². The van der Waals surface area contributed by atoms with Crippen LogP contribution in [-0.4, -0.2) is 13.2 Å². The predicted molar refractivity (Wildman–Crippen MR) is 70.5 cm³/mol. The van der Waals surface area contributed by atoms with E-state index in [9.17, 15) is 0 Å². The molecule has 0 amide bonds. The second kappa shape index (κ2) is 6.00. The van der Waals surface area contributed by atoms with E-state index in [1.807, 2.05) is 18.2 Å². The molecule has 1 unspecified atom stereocenters. The summed E-state index contributed by atoms with van der Waals surface area (Å²) in [4.78, 5) is 0. The highest BCUT2D eigenvalue weighted by Crippen LogP contribution is 2.27. The van der Waals surface area contributed by atoms with E-state index in [1.54, 1.807) is 7.11 Å². The van der Waals surface area contributed by atoms with Crippen molar-refractivity contribution in [1.29, 1.82) is 0 Å². The van der Waals surface area contributed by atoms with E-state index in [0.29, 0.717) is 22.7 Å². The molecule has 1 aromatic carbocycles. The number of rotatable bonds is 5. The maximum Gasteiger partial charge on any atom is 0.139 e. The van der Waals surface area contributed by atoms with Crippen molar-refractivity contribution in [3.8, 4) is 5.75 Å². The Balaban J connectivity index is 2.67. The first-order valence-corrected chi connectivity index (χ1v) is 6.00. The summed E-state index contributed by atoms with van der Waals surface area (Å²) in [5.41, 5.74) is 1.05. The zero-order chi connectivity index (χ0) is 12.1. The third-order valence-electron chi connectivity index (χ3n) is 2.39. The van der Waals surface area contributed by atoms with Crippen molar-refractivity contribution >= 4 is 17.3 Å². The number of hydrogen-bond acceptors (Lipinski definition) is 2. The first kappa shape index (κ1) is 13.2. The van der Waals surface area contributed by atoms with Crippen molar-refractivity contribution in [2.45, 2.75) is 33.2 Å². The Morgan fingerprint density at radius 1 is 1.31 bits per heavy atom. The summed E-state index contributed by atoms with van der Waals surface area (Å²) in [5, 5.41) is 4.08. The highest BCUT2D eigenvalue weighted by atomic mass is 35.5. The quantitative estimate of drug-likeness (QED) is 0.835. The van der Waals surface area contributed by atoms with E-state index < -0.39 is 0 Å². The van der Waals surface area contributed by atoms with E-state index in [4.69, 9.17) is 16.3 Å². The third-order valence-corrected chi connectivity index (χ3v) is 2.70. The van der Waals surface area contributed by atoms with Crippen LogP contribution in [0.25, 0.3) is 0 Å². The molecule has 0 radical (unpaired) electrons. The molecule has 0 spiro atoms. The molecule has 0 aliphatic carbocycles. The number of anilines is 1. The second-order valence-electron chi connectivity index (χ2n) is 4.52. The number of nitrogens with one attached hydrogen (secondary N) is 1. The molecule has 1 aromatic rings. The van der Waals surface area contributed by atoms with Crippen molar-refractivity contribution < 1.29 is 4.74 Å². The van der Waals surface area contributed by atoms with Gasteiger partial charge in [-0.05, 0) is 31.4 Å². The van der Waals surface area contributed by atoms with Gasteiger partial charge < -0.3 is 10.1 Å². The fourth-order valence-electron chi connectivity index (χ4n) is 1.80. The van der Waals surface area contributed by atoms with Crippen molar-refractivity contribution in [3.05, 3.63) is 23.2 Å². The van der Waals surface area contributed by atoms with Gasteiger partial charge in [-0.3, -0.25) is 0 Å². The maximum absolute atomic E-state index is 5.96. The maximum atomic E-state index is 5.96. The summed E-state index contributed by atoms with van der Waals surface area (Å²) in [6, 6.07) is 6.21. The van der Waals surface area contributed by atoms with Gasteiger partial charge in [0.05, 0.1) is 12.1 Å². The lowest BCUT2D eigenvalue weighted by atomic mass is 10.1. The third kappa shape index (κ3) is 3.93. The lowest BCUT2D eigenvalue weighted by Crippen LogP contribution is -2.17. The smallest absolute Gasteiger partial charge is 0.139 e. The number of benzene rings is 1. The Bertz CT molecular complexity index is 339. The average Bonchev–Trinajstić information content (AvgIpc) is 2.19. The van der Waals surface area contributed by atoms with Crippen LogP contribution >= 0.6 is 11.6 Å². The van der Waals surface area contributed by atoms with Crippen molar-refractivity contribution in [2.24, 2.45) is 5.92 Å². The first-order chi connectivity index (χ1) is 7.52. The number of ether oxygens (including phenoxy) is 1. The number of methoxy groups -OCH3 is 1. The van der Waals surface area contributed by atoms with Gasteiger partial charge in [0.2, 0.25) is 0 Å². The molecule has 0 aromatic heterocycles. The molecule has 3 heteroatoms. The van der Waals surface area contributed by atoms with Crippen LogP contribution in [-0.2, 0) is 0 Å². The molecule has 90 valence electrons. The van der Waals surface area contributed by atoms with Gasteiger partial charge in [0, 0.05) is 17.8 Å². The zero-order valence-corrected chi connectivity index (χ0v) is 11.1. The Kier molecular flexibility index (Phi) is 4.94. The SMILES string of the molecule is COc1cc(NC(C)CC(C)C)ccc1Cl. The van der Waals surface area contributed by atoms with Crippen LogP contribution in [0.4, 0.5) is 5.69 Å². The molecule has 1 rings (SSSR count). The standard InChI is InChI=1S/C13H20ClNO/c1-9(2)7-10(3)15-11-5-6-12(14)13(8-11)16-4/h5-6,8-10,15H,7H2,1-4H3. The topological polar surface area (TPSA) is 21.3 Å².